The lowest BCUT2D eigenvalue weighted by Crippen LogP contribution is -2.46. The summed E-state index contributed by atoms with van der Waals surface area (Å²) >= 11 is 0. The summed E-state index contributed by atoms with van der Waals surface area (Å²) < 4.78 is 0. The third kappa shape index (κ3) is 3.75. The van der Waals surface area contributed by atoms with E-state index in [1.54, 1.807) is 11.8 Å². The summed E-state index contributed by atoms with van der Waals surface area (Å²) in [7, 11) is 0. The molecule has 160 valence electrons. The first kappa shape index (κ1) is 20.0. The lowest BCUT2D eigenvalue weighted by Gasteiger charge is -2.26. The fourth-order valence-corrected chi connectivity index (χ4v) is 4.23. The van der Waals surface area contributed by atoms with Gasteiger partial charge in [0.25, 0.3) is 5.91 Å². The number of para-hydroxylation sites is 2. The van der Waals surface area contributed by atoms with Gasteiger partial charge in [0.1, 0.15) is 11.9 Å². The van der Waals surface area contributed by atoms with E-state index in [2.05, 4.69) is 10.3 Å². The average Bonchev–Trinajstić information content (AvgIpc) is 3.40. The van der Waals surface area contributed by atoms with Crippen molar-refractivity contribution in [3.63, 3.8) is 0 Å². The lowest BCUT2D eigenvalue weighted by molar-refractivity contribution is -0.126. The van der Waals surface area contributed by atoms with E-state index >= 15 is 0 Å². The molecule has 0 bridgehead atoms. The third-order valence-corrected chi connectivity index (χ3v) is 6.03. The molecule has 1 aliphatic rings. The zero-order chi connectivity index (χ0) is 22.1. The Morgan fingerprint density at radius 1 is 1.03 bits per heavy atom. The molecule has 2 atom stereocenters. The number of carbonyl (C=O) groups is 2. The number of H-pyrrole nitrogens is 1. The predicted molar refractivity (Wildman–Crippen MR) is 123 cm³/mol. The molecular weight excluding hydrogens is 400 g/mol. The van der Waals surface area contributed by atoms with E-state index in [1.165, 1.54) is 0 Å². The molecule has 1 aromatic heterocycles. The summed E-state index contributed by atoms with van der Waals surface area (Å²) in [6.45, 7) is 2.22. The number of imidazole rings is 1. The van der Waals surface area contributed by atoms with Gasteiger partial charge < -0.3 is 15.2 Å². The fraction of sp³-hybridized carbons (Fsp3) is 0.192. The van der Waals surface area contributed by atoms with Crippen molar-refractivity contribution in [2.45, 2.75) is 32.0 Å². The van der Waals surface area contributed by atoms with Crippen LogP contribution < -0.4 is 5.32 Å². The van der Waals surface area contributed by atoms with Gasteiger partial charge in [-0.1, -0.05) is 60.7 Å². The van der Waals surface area contributed by atoms with Crippen molar-refractivity contribution in [3.05, 3.63) is 101 Å². The number of hydrogen-bond donors (Lipinski definition) is 2. The van der Waals surface area contributed by atoms with Gasteiger partial charge in [0.15, 0.2) is 0 Å². The molecule has 0 unspecified atom stereocenters. The molecule has 0 saturated heterocycles. The van der Waals surface area contributed by atoms with E-state index < -0.39 is 6.04 Å². The molecule has 4 aromatic rings. The number of carbonyl (C=O) groups excluding carboxylic acids is 2. The molecule has 0 radical (unpaired) electrons. The Morgan fingerprint density at radius 3 is 2.53 bits per heavy atom. The maximum atomic E-state index is 13.3. The van der Waals surface area contributed by atoms with E-state index in [0.717, 1.165) is 22.2 Å². The summed E-state index contributed by atoms with van der Waals surface area (Å²) in [6.07, 6.45) is 0.591. The molecule has 32 heavy (non-hydrogen) atoms. The Hall–Kier alpha value is -3.93. The van der Waals surface area contributed by atoms with Gasteiger partial charge in [-0.2, -0.15) is 0 Å². The van der Waals surface area contributed by atoms with Gasteiger partial charge >= 0.3 is 0 Å². The zero-order valence-electron chi connectivity index (χ0n) is 17.8. The molecule has 0 aliphatic carbocycles. The van der Waals surface area contributed by atoms with E-state index in [-0.39, 0.29) is 17.9 Å². The monoisotopic (exact) mass is 424 g/mol. The molecule has 2 heterocycles. The molecule has 1 aliphatic heterocycles. The molecule has 0 saturated carbocycles. The van der Waals surface area contributed by atoms with Gasteiger partial charge in [-0.05, 0) is 42.7 Å². The molecule has 2 N–H and O–H groups in total. The van der Waals surface area contributed by atoms with Crippen LogP contribution in [-0.2, 0) is 17.8 Å². The molecule has 0 fully saturated rings. The average molecular weight is 425 g/mol. The number of rotatable bonds is 6. The predicted octanol–water partition coefficient (Wildman–Crippen LogP) is 4.01. The maximum absolute atomic E-state index is 13.3. The number of benzene rings is 3. The highest BCUT2D eigenvalue weighted by Gasteiger charge is 2.34. The van der Waals surface area contributed by atoms with Crippen molar-refractivity contribution in [3.8, 4) is 0 Å². The molecule has 0 spiro atoms. The largest absolute Gasteiger partial charge is 0.344 e. The van der Waals surface area contributed by atoms with Gasteiger partial charge in [-0.3, -0.25) is 9.59 Å². The molecule has 3 aromatic carbocycles. The van der Waals surface area contributed by atoms with Crippen LogP contribution in [0.4, 0.5) is 0 Å². The maximum Gasteiger partial charge on any atom is 0.255 e. The minimum Gasteiger partial charge on any atom is -0.344 e. The number of aromatic nitrogens is 2. The van der Waals surface area contributed by atoms with Crippen molar-refractivity contribution >= 4 is 22.8 Å². The first-order valence-corrected chi connectivity index (χ1v) is 10.8. The quantitative estimate of drug-likeness (QED) is 0.491. The van der Waals surface area contributed by atoms with Gasteiger partial charge in [0.05, 0.1) is 17.1 Å². The number of nitrogens with one attached hydrogen (secondary N) is 2. The highest BCUT2D eigenvalue weighted by Crippen LogP contribution is 2.25. The first-order chi connectivity index (χ1) is 15.6. The minimum absolute atomic E-state index is 0.105. The normalized spacial score (nSPS) is 14.9. The Kier molecular flexibility index (Phi) is 5.19. The summed E-state index contributed by atoms with van der Waals surface area (Å²) in [6, 6.07) is 24.4. The highest BCUT2D eigenvalue weighted by molar-refractivity contribution is 6.01. The smallest absolute Gasteiger partial charge is 0.255 e. The molecule has 2 amide bonds. The first-order valence-electron chi connectivity index (χ1n) is 10.8. The third-order valence-electron chi connectivity index (χ3n) is 6.03. The van der Waals surface area contributed by atoms with Crippen molar-refractivity contribution in [1.82, 2.24) is 20.2 Å². The van der Waals surface area contributed by atoms with Crippen molar-refractivity contribution < 1.29 is 9.59 Å². The molecule has 5 rings (SSSR count). The number of nitrogens with zero attached hydrogens (tertiary/aromatic N) is 2. The van der Waals surface area contributed by atoms with Crippen LogP contribution in [-0.4, -0.2) is 32.7 Å². The second-order valence-corrected chi connectivity index (χ2v) is 8.16. The summed E-state index contributed by atoms with van der Waals surface area (Å²) in [4.78, 5) is 35.8. The SMILES string of the molecule is C[C@@H](C(=O)N[C@H](Cc1ccccc1)c1nc2ccccc2[nH]1)N1Cc2ccccc2C1=O. The van der Waals surface area contributed by atoms with Gasteiger partial charge in [-0.25, -0.2) is 4.98 Å². The number of fused-ring (bicyclic) bond motifs is 2. The van der Waals surface area contributed by atoms with Gasteiger partial charge in [0, 0.05) is 12.1 Å². The number of hydrogen-bond acceptors (Lipinski definition) is 3. The van der Waals surface area contributed by atoms with Gasteiger partial charge in [-0.15, -0.1) is 0 Å². The summed E-state index contributed by atoms with van der Waals surface area (Å²) in [5, 5.41) is 3.14. The van der Waals surface area contributed by atoms with Gasteiger partial charge in [0.2, 0.25) is 5.91 Å². The zero-order valence-corrected chi connectivity index (χ0v) is 17.8. The van der Waals surface area contributed by atoms with Crippen molar-refractivity contribution in [1.29, 1.82) is 0 Å². The Balaban J connectivity index is 1.39. The van der Waals surface area contributed by atoms with Crippen LogP contribution in [0.2, 0.25) is 0 Å². The van der Waals surface area contributed by atoms with Crippen LogP contribution in [0.15, 0.2) is 78.9 Å². The van der Waals surface area contributed by atoms with Crippen LogP contribution >= 0.6 is 0 Å². The Labute approximate surface area is 186 Å². The Morgan fingerprint density at radius 2 is 1.75 bits per heavy atom. The molecule has 6 nitrogen and oxygen atoms in total. The van der Waals surface area contributed by atoms with E-state index in [4.69, 9.17) is 4.98 Å². The fourth-order valence-electron chi connectivity index (χ4n) is 4.23. The summed E-state index contributed by atoms with van der Waals surface area (Å²) in [5.74, 6) is 0.394. The van der Waals surface area contributed by atoms with E-state index in [0.29, 0.717) is 24.4 Å². The van der Waals surface area contributed by atoms with Crippen molar-refractivity contribution in [2.24, 2.45) is 0 Å². The highest BCUT2D eigenvalue weighted by atomic mass is 16.2. The van der Waals surface area contributed by atoms with Crippen LogP contribution in [0.5, 0.6) is 0 Å². The molecular formula is C26H24N4O2. The van der Waals surface area contributed by atoms with Crippen LogP contribution in [0.3, 0.4) is 0 Å². The minimum atomic E-state index is -0.599. The lowest BCUT2D eigenvalue weighted by atomic mass is 10.0. The van der Waals surface area contributed by atoms with Crippen LogP contribution in [0.25, 0.3) is 11.0 Å². The van der Waals surface area contributed by atoms with Crippen molar-refractivity contribution in [2.75, 3.05) is 0 Å². The summed E-state index contributed by atoms with van der Waals surface area (Å²) in [5.41, 5.74) is 4.50. The Bertz CT molecular complexity index is 1250. The van der Waals surface area contributed by atoms with Crippen LogP contribution in [0.1, 0.15) is 40.3 Å². The standard InChI is InChI=1S/C26H24N4O2/c1-17(30-16-19-11-5-6-12-20(19)26(30)32)25(31)29-23(15-18-9-3-2-4-10-18)24-27-21-13-7-8-14-22(21)28-24/h2-14,17,23H,15-16H2,1H3,(H,27,28)(H,29,31)/t17-,23+/m0/s1. The number of aromatic amines is 1. The number of amides is 2. The van der Waals surface area contributed by atoms with E-state index in [1.807, 2.05) is 78.9 Å². The molecule has 6 heteroatoms. The topological polar surface area (TPSA) is 78.1 Å². The second-order valence-electron chi connectivity index (χ2n) is 8.16. The van der Waals surface area contributed by atoms with Crippen LogP contribution in [0, 0.1) is 0 Å². The van der Waals surface area contributed by atoms with E-state index in [9.17, 15) is 9.59 Å². The second kappa shape index (κ2) is 8.30.